The van der Waals surface area contributed by atoms with Crippen LogP contribution < -0.4 is 10.8 Å². The minimum Gasteiger partial charge on any atom is -0.379 e. The van der Waals surface area contributed by atoms with Gasteiger partial charge in [-0.3, -0.25) is 9.89 Å². The monoisotopic (exact) mass is 444 g/mol. The SMILES string of the molecule is C=CN=c1c(NC2=CCC(N3CCOCC3)N=C2)nc(-c2ccc3ncn(C)c3c2)cn1C. The second-order valence-corrected chi connectivity index (χ2v) is 8.21. The number of aliphatic imine (C=N–C) groups is 1. The quantitative estimate of drug-likeness (QED) is 0.654. The van der Waals surface area contributed by atoms with Gasteiger partial charge in [0.05, 0.1) is 42.0 Å². The molecule has 1 fully saturated rings. The van der Waals surface area contributed by atoms with Gasteiger partial charge in [0.1, 0.15) is 6.17 Å². The predicted octanol–water partition coefficient (Wildman–Crippen LogP) is 2.45. The second-order valence-electron chi connectivity index (χ2n) is 8.21. The average molecular weight is 445 g/mol. The highest BCUT2D eigenvalue weighted by Gasteiger charge is 2.21. The van der Waals surface area contributed by atoms with E-state index in [1.54, 1.807) is 0 Å². The summed E-state index contributed by atoms with van der Waals surface area (Å²) in [6.07, 6.45) is 10.4. The van der Waals surface area contributed by atoms with Crippen molar-refractivity contribution >= 4 is 23.1 Å². The maximum absolute atomic E-state index is 5.46. The number of anilines is 1. The molecule has 9 nitrogen and oxygen atoms in total. The van der Waals surface area contributed by atoms with Crippen LogP contribution in [0, 0.1) is 0 Å². The van der Waals surface area contributed by atoms with Crippen LogP contribution in [0.1, 0.15) is 6.42 Å². The first-order chi connectivity index (χ1) is 16.1. The van der Waals surface area contributed by atoms with Crippen LogP contribution in [0.2, 0.25) is 0 Å². The van der Waals surface area contributed by atoms with E-state index in [1.807, 2.05) is 54.1 Å². The first kappa shape index (κ1) is 21.3. The molecule has 1 aromatic carbocycles. The van der Waals surface area contributed by atoms with E-state index >= 15 is 0 Å². The van der Waals surface area contributed by atoms with E-state index < -0.39 is 0 Å². The van der Waals surface area contributed by atoms with Crippen LogP contribution in [0.15, 0.2) is 65.3 Å². The zero-order valence-corrected chi connectivity index (χ0v) is 19.0. The molecule has 0 saturated carbocycles. The Labute approximate surface area is 192 Å². The molecule has 9 heteroatoms. The molecule has 1 N–H and O–H groups in total. The molecule has 2 aliphatic rings. The number of dihydropyridines is 1. The van der Waals surface area contributed by atoms with Gasteiger partial charge in [-0.25, -0.2) is 15.0 Å². The maximum Gasteiger partial charge on any atom is 0.175 e. The Bertz CT molecular complexity index is 1310. The summed E-state index contributed by atoms with van der Waals surface area (Å²) in [6.45, 7) is 7.14. The fourth-order valence-corrected chi connectivity index (χ4v) is 4.21. The van der Waals surface area contributed by atoms with Gasteiger partial charge in [0, 0.05) is 57.8 Å². The van der Waals surface area contributed by atoms with Crippen molar-refractivity contribution in [3.05, 3.63) is 60.8 Å². The molecular weight excluding hydrogens is 416 g/mol. The zero-order valence-electron chi connectivity index (χ0n) is 19.0. The lowest BCUT2D eigenvalue weighted by molar-refractivity contribution is 0.0188. The van der Waals surface area contributed by atoms with Gasteiger partial charge in [-0.2, -0.15) is 0 Å². The summed E-state index contributed by atoms with van der Waals surface area (Å²) >= 11 is 0. The number of hydrogen-bond acceptors (Lipinski definition) is 7. The van der Waals surface area contributed by atoms with E-state index in [0.29, 0.717) is 11.3 Å². The topological polar surface area (TPSA) is 84.9 Å². The standard InChI is InChI=1S/C24H28N8O/c1-4-25-24-23(28-18-6-8-22(26-14-18)32-9-11-33-12-10-32)29-20(15-30(24)2)17-5-7-19-21(13-17)31(3)16-27-19/h4-7,13-16,22H,1,8-12H2,2-3H3,(H,28,29). The van der Waals surface area contributed by atoms with Crippen LogP contribution in [0.4, 0.5) is 5.82 Å². The van der Waals surface area contributed by atoms with Gasteiger partial charge in [-0.15, -0.1) is 0 Å². The number of ether oxygens (including phenoxy) is 1. The van der Waals surface area contributed by atoms with Crippen LogP contribution in [-0.4, -0.2) is 62.7 Å². The number of imidazole rings is 1. The van der Waals surface area contributed by atoms with Gasteiger partial charge < -0.3 is 19.2 Å². The third-order valence-corrected chi connectivity index (χ3v) is 5.99. The lowest BCUT2D eigenvalue weighted by atomic mass is 10.1. The van der Waals surface area contributed by atoms with E-state index in [-0.39, 0.29) is 6.17 Å². The number of benzene rings is 1. The van der Waals surface area contributed by atoms with Crippen LogP contribution in [-0.2, 0) is 18.8 Å². The summed E-state index contributed by atoms with van der Waals surface area (Å²) in [4.78, 5) is 20.9. The number of nitrogens with one attached hydrogen (secondary N) is 1. The van der Waals surface area contributed by atoms with E-state index in [2.05, 4.69) is 38.9 Å². The number of hydrogen-bond donors (Lipinski definition) is 1. The molecule has 33 heavy (non-hydrogen) atoms. The molecule has 1 unspecified atom stereocenters. The van der Waals surface area contributed by atoms with Crippen LogP contribution >= 0.6 is 0 Å². The Kier molecular flexibility index (Phi) is 5.89. The number of nitrogens with zero attached hydrogens (tertiary/aromatic N) is 7. The second kappa shape index (κ2) is 9.13. The smallest absolute Gasteiger partial charge is 0.175 e. The highest BCUT2D eigenvalue weighted by Crippen LogP contribution is 2.23. The first-order valence-electron chi connectivity index (χ1n) is 11.1. The van der Waals surface area contributed by atoms with Gasteiger partial charge >= 0.3 is 0 Å². The van der Waals surface area contributed by atoms with E-state index in [4.69, 9.17) is 14.7 Å². The van der Waals surface area contributed by atoms with Gasteiger partial charge in [0.15, 0.2) is 11.3 Å². The van der Waals surface area contributed by atoms with Crippen molar-refractivity contribution in [3.63, 3.8) is 0 Å². The van der Waals surface area contributed by atoms with Gasteiger partial charge in [0.2, 0.25) is 0 Å². The number of allylic oxidation sites excluding steroid dienone is 1. The van der Waals surface area contributed by atoms with Crippen molar-refractivity contribution in [2.45, 2.75) is 12.6 Å². The number of aryl methyl sites for hydroxylation is 2. The number of morpholine rings is 1. The summed E-state index contributed by atoms with van der Waals surface area (Å²) in [5, 5.41) is 3.43. The van der Waals surface area contributed by atoms with Crippen molar-refractivity contribution < 1.29 is 4.74 Å². The molecule has 0 aliphatic carbocycles. The summed E-state index contributed by atoms with van der Waals surface area (Å²) in [5.41, 5.74) is 5.47. The highest BCUT2D eigenvalue weighted by molar-refractivity contribution is 5.84. The number of fused-ring (bicyclic) bond motifs is 1. The third-order valence-electron chi connectivity index (χ3n) is 5.99. The van der Waals surface area contributed by atoms with Crippen LogP contribution in [0.25, 0.3) is 22.3 Å². The molecule has 2 aromatic heterocycles. The van der Waals surface area contributed by atoms with Gasteiger partial charge in [0.25, 0.3) is 0 Å². The Hall–Kier alpha value is -3.56. The minimum atomic E-state index is 0.165. The molecule has 0 radical (unpaired) electrons. The number of aromatic nitrogens is 4. The Morgan fingerprint density at radius 3 is 2.82 bits per heavy atom. The highest BCUT2D eigenvalue weighted by atomic mass is 16.5. The van der Waals surface area contributed by atoms with E-state index in [1.165, 1.54) is 6.20 Å². The van der Waals surface area contributed by atoms with Crippen LogP contribution in [0.3, 0.4) is 0 Å². The molecular formula is C24H28N8O. The largest absolute Gasteiger partial charge is 0.379 e. The molecule has 170 valence electrons. The summed E-state index contributed by atoms with van der Waals surface area (Å²) < 4.78 is 9.42. The lowest BCUT2D eigenvalue weighted by Gasteiger charge is -2.32. The summed E-state index contributed by atoms with van der Waals surface area (Å²) in [6, 6.07) is 6.16. The molecule has 4 heterocycles. The summed E-state index contributed by atoms with van der Waals surface area (Å²) in [5.74, 6) is 0.655. The predicted molar refractivity (Wildman–Crippen MR) is 130 cm³/mol. The zero-order chi connectivity index (χ0) is 22.8. The maximum atomic E-state index is 5.46. The van der Waals surface area contributed by atoms with Gasteiger partial charge in [-0.05, 0) is 12.1 Å². The van der Waals surface area contributed by atoms with Crippen LogP contribution in [0.5, 0.6) is 0 Å². The molecule has 1 atom stereocenters. The minimum absolute atomic E-state index is 0.165. The van der Waals surface area contributed by atoms with Crippen molar-refractivity contribution in [1.29, 1.82) is 0 Å². The molecule has 3 aromatic rings. The first-order valence-corrected chi connectivity index (χ1v) is 11.1. The fourth-order valence-electron chi connectivity index (χ4n) is 4.21. The van der Waals surface area contributed by atoms with Crippen molar-refractivity contribution in [1.82, 2.24) is 24.0 Å². The normalized spacial score (nSPS) is 19.6. The Morgan fingerprint density at radius 1 is 1.21 bits per heavy atom. The van der Waals surface area contributed by atoms with Crippen molar-refractivity contribution in [2.24, 2.45) is 24.1 Å². The fraction of sp³-hybridized carbons (Fsp3) is 0.333. The molecule has 0 amide bonds. The summed E-state index contributed by atoms with van der Waals surface area (Å²) in [7, 11) is 3.95. The molecule has 5 rings (SSSR count). The molecule has 0 spiro atoms. The number of rotatable bonds is 5. The Morgan fingerprint density at radius 2 is 2.06 bits per heavy atom. The van der Waals surface area contributed by atoms with Crippen molar-refractivity contribution in [2.75, 3.05) is 31.6 Å². The average Bonchev–Trinajstić information content (AvgIpc) is 3.22. The lowest BCUT2D eigenvalue weighted by Crippen LogP contribution is -2.43. The van der Waals surface area contributed by atoms with E-state index in [9.17, 15) is 0 Å². The third kappa shape index (κ3) is 4.37. The van der Waals surface area contributed by atoms with Crippen molar-refractivity contribution in [3.8, 4) is 11.3 Å². The Balaban J connectivity index is 1.45. The van der Waals surface area contributed by atoms with Gasteiger partial charge in [-0.1, -0.05) is 18.7 Å². The van der Waals surface area contributed by atoms with E-state index in [0.717, 1.165) is 60.7 Å². The molecule has 0 bridgehead atoms. The molecule has 1 saturated heterocycles. The molecule has 2 aliphatic heterocycles.